The average molecular weight is 1590 g/mol. The number of ketones is 3. The Balaban J connectivity index is 0.000000255. The van der Waals surface area contributed by atoms with Crippen LogP contribution in [0.5, 0.6) is 0 Å². The van der Waals surface area contributed by atoms with Gasteiger partial charge in [-0.15, -0.1) is 0 Å². The molecule has 0 atom stereocenters. The van der Waals surface area contributed by atoms with Crippen molar-refractivity contribution in [3.8, 4) is 0 Å². The van der Waals surface area contributed by atoms with Gasteiger partial charge >= 0.3 is 5.97 Å². The van der Waals surface area contributed by atoms with Gasteiger partial charge in [-0.2, -0.15) is 9.98 Å². The van der Waals surface area contributed by atoms with Crippen molar-refractivity contribution in [2.75, 3.05) is 28.2 Å². The third kappa shape index (κ3) is 19.8. The minimum atomic E-state index is -0.641. The number of rotatable bonds is 0. The number of hydrogen-bond acceptors (Lipinski definition) is 24. The van der Waals surface area contributed by atoms with Gasteiger partial charge in [0.2, 0.25) is 5.78 Å². The van der Waals surface area contributed by atoms with Crippen LogP contribution < -0.4 is 0 Å². The van der Waals surface area contributed by atoms with E-state index in [0.717, 1.165) is 91.3 Å². The van der Waals surface area contributed by atoms with Crippen molar-refractivity contribution >= 4 is 212 Å². The Hall–Kier alpha value is -9.48. The first-order valence-corrected chi connectivity index (χ1v) is 36.4. The maximum Gasteiger partial charge on any atom is 0.346 e. The quantitative estimate of drug-likeness (QED) is 0.0941. The summed E-state index contributed by atoms with van der Waals surface area (Å²) in [5.74, 6) is -2.56. The molecule has 3 saturated heterocycles. The van der Waals surface area contributed by atoms with E-state index in [2.05, 4.69) is 89.2 Å². The highest BCUT2D eigenvalue weighted by molar-refractivity contribution is 8.27. The van der Waals surface area contributed by atoms with Gasteiger partial charge in [0.05, 0.1) is 25.3 Å². The third-order valence-electron chi connectivity index (χ3n) is 16.7. The van der Waals surface area contributed by atoms with Crippen LogP contribution in [0.2, 0.25) is 0 Å². The first-order valence-electron chi connectivity index (χ1n) is 31.0. The first-order chi connectivity index (χ1) is 48.9. The Morgan fingerprint density at radius 1 is 0.387 bits per heavy atom. The number of esters is 1. The van der Waals surface area contributed by atoms with Gasteiger partial charge in [0.15, 0.2) is 21.9 Å². The van der Waals surface area contributed by atoms with E-state index in [0.29, 0.717) is 58.5 Å². The van der Waals surface area contributed by atoms with E-state index < -0.39 is 17.8 Å². The molecule has 0 saturated carbocycles. The summed E-state index contributed by atoms with van der Waals surface area (Å²) >= 11 is 21.4. The third-order valence-corrected chi connectivity index (χ3v) is 23.1. The Morgan fingerprint density at radius 2 is 0.868 bits per heavy atom. The lowest BCUT2D eigenvalue weighted by atomic mass is 9.94. The standard InChI is InChI=1S/2C13H14N2O2.C9H8N2O2S.C9H11NO.C8H8O3.C6H8N2OS.C5H5NOS2.C5H5NOS.C5H5NS3/c1-6-9(4)14-12-7(2)11(16)8(3)13(17)15(12)10(6)5;1-6-7(2)10(5)15-11(8(6)3)14-12(16)9(4)13(15)17;1-4-7(12)10-9-11(8(4)13)5(2)6(3)14-9;1-5-6(2)9(11)8(4)10-7(5)3;1-4-6(3)11-8(10)5(2)7(4)9;1-4-5(9)8(3)6(7-2)10-4;1-3-4(7)6(2)5(8)9-3;1-3-5(7)6-4(2)8-3;1-3-4(7)6(2)5(8)9-3/h3H2,1-2,4-5H3;4H2,1-3,5H3;1H2,2-3H3;4H2,1-3H3;2H2,1,3H3;1H2,2-3H3;1H2,2H3;1H2,2H3;1H2,2H3. The number of carbonyl (C=O) groups excluding carboxylic acids is 12. The zero-order valence-corrected chi connectivity index (χ0v) is 68.8. The fourth-order valence-electron chi connectivity index (χ4n) is 9.05. The molecule has 0 aliphatic carbocycles. The molecule has 0 spiro atoms. The van der Waals surface area contributed by atoms with Crippen LogP contribution in [0.4, 0.5) is 0 Å². The highest BCUT2D eigenvalue weighted by atomic mass is 32.2. The largest absolute Gasteiger partial charge is 0.427 e. The second kappa shape index (κ2) is 36.7. The number of carbonyl (C=O) groups is 12. The van der Waals surface area contributed by atoms with Gasteiger partial charge in [0.1, 0.15) is 53.5 Å². The zero-order chi connectivity index (χ0) is 81.4. The number of cyclic esters (lactones) is 1. The molecule has 0 radical (unpaired) electrons. The lowest BCUT2D eigenvalue weighted by molar-refractivity contribution is -0.138. The number of dihydropyridines is 1. The summed E-state index contributed by atoms with van der Waals surface area (Å²) in [6.07, 6.45) is 0. The smallest absolute Gasteiger partial charge is 0.346 e. The number of nitrogens with zero attached hydrogens (tertiary/aromatic N) is 12. The van der Waals surface area contributed by atoms with Crippen LogP contribution in [0, 0.1) is 0 Å². The van der Waals surface area contributed by atoms with Crippen LogP contribution >= 0.6 is 95.5 Å². The molecule has 12 rings (SSSR count). The summed E-state index contributed by atoms with van der Waals surface area (Å²) in [5, 5.41) is 1.96. The predicted octanol–water partition coefficient (Wildman–Crippen LogP) is 12.7. The molecule has 12 aliphatic heterocycles. The van der Waals surface area contributed by atoms with Crippen molar-refractivity contribution < 1.29 is 62.3 Å². The van der Waals surface area contributed by atoms with Crippen molar-refractivity contribution in [1.82, 2.24) is 29.4 Å². The number of thiocarbonyl (C=S) groups is 3. The van der Waals surface area contributed by atoms with Gasteiger partial charge in [0.25, 0.3) is 47.3 Å². The van der Waals surface area contributed by atoms with E-state index in [9.17, 15) is 57.5 Å². The van der Waals surface area contributed by atoms with Gasteiger partial charge in [-0.1, -0.05) is 143 Å². The van der Waals surface area contributed by atoms with E-state index in [1.165, 1.54) is 83.3 Å². The number of amidine groups is 3. The monoisotopic (exact) mass is 1590 g/mol. The van der Waals surface area contributed by atoms with E-state index in [4.69, 9.17) is 41.4 Å². The number of thioether (sulfide) groups is 5. The van der Waals surface area contributed by atoms with E-state index >= 15 is 0 Å². The molecule has 12 aliphatic rings. The van der Waals surface area contributed by atoms with Crippen LogP contribution in [0.1, 0.15) is 111 Å². The molecular formula is C73H78N12O13S8. The van der Waals surface area contributed by atoms with Crippen LogP contribution in [-0.2, 0) is 62.3 Å². The minimum absolute atomic E-state index is 0.00755. The van der Waals surface area contributed by atoms with Crippen LogP contribution in [0.3, 0.4) is 0 Å². The minimum Gasteiger partial charge on any atom is -0.427 e. The second-order valence-corrected chi connectivity index (χ2v) is 30.8. The Morgan fingerprint density at radius 3 is 1.29 bits per heavy atom. The Kier molecular flexibility index (Phi) is 30.8. The highest BCUT2D eigenvalue weighted by Gasteiger charge is 2.40. The molecule has 0 N–H and O–H groups in total. The lowest BCUT2D eigenvalue weighted by Gasteiger charge is -2.34. The summed E-state index contributed by atoms with van der Waals surface area (Å²) in [6.45, 7) is 60.8. The van der Waals surface area contributed by atoms with E-state index in [1.807, 2.05) is 83.2 Å². The molecule has 0 aromatic carbocycles. The van der Waals surface area contributed by atoms with Crippen LogP contribution in [0.15, 0.2) is 215 Å². The summed E-state index contributed by atoms with van der Waals surface area (Å²) in [7, 11) is 6.85. The molecule has 106 heavy (non-hydrogen) atoms. The van der Waals surface area contributed by atoms with Gasteiger partial charge in [-0.25, -0.2) is 19.8 Å². The Bertz CT molecular complexity index is 4720. The maximum absolute atomic E-state index is 12.0. The molecule has 12 heterocycles. The van der Waals surface area contributed by atoms with Gasteiger partial charge in [0, 0.05) is 83.2 Å². The molecule has 25 nitrogen and oxygen atoms in total. The number of likely N-dealkylation sites (N-methyl/N-ethyl adjacent to an activating group) is 3. The fraction of sp³-hybridized carbons (Fsp3) is 0.274. The summed E-state index contributed by atoms with van der Waals surface area (Å²) < 4.78 is 6.09. The molecule has 0 aromatic heterocycles. The number of ether oxygens (including phenoxy) is 1. The number of hydrogen-bond donors (Lipinski definition) is 0. The van der Waals surface area contributed by atoms with Crippen molar-refractivity contribution in [2.24, 2.45) is 30.0 Å². The van der Waals surface area contributed by atoms with Crippen molar-refractivity contribution in [2.45, 2.75) is 111 Å². The number of aliphatic imine (C=N–C) groups is 6. The fourth-order valence-corrected chi connectivity index (χ4v) is 13.8. The maximum atomic E-state index is 12.0. The van der Waals surface area contributed by atoms with E-state index in [-0.39, 0.29) is 75.1 Å². The molecule has 0 unspecified atom stereocenters. The van der Waals surface area contributed by atoms with Crippen molar-refractivity contribution in [3.63, 3.8) is 0 Å². The SMILES string of the molecule is C=C1C(=O)C(C)=C2N=C(C)C(C)=C(C)N2C1=O.C=C1C(=O)N=C2C(C)=C(C)C(C)=C(C)N2C1=O.C=C1C(=O)N=C2SC(C)=C(C)N2C1=O.C=C1C(=O)OC(C)=C(C)C1=O.C=C1N=C(C)C(C)=C(C)C1=O.C=C1SC(=NC)N(C)C1=O.C=C1SC(=S)N(C)C1=O.C=C1SC(=S)N(C)C1=S.C=C1SC(C)=NC1=O. The number of fused-ring (bicyclic) bond motifs is 3. The summed E-state index contributed by atoms with van der Waals surface area (Å²) in [5.41, 5.74) is 10.9. The molecule has 0 aromatic rings. The number of amides is 8. The topological polar surface area (TPSA) is 308 Å². The molecule has 556 valence electrons. The molecule has 33 heteroatoms. The van der Waals surface area contributed by atoms with Gasteiger partial charge in [-0.05, 0) is 150 Å². The van der Waals surface area contributed by atoms with Crippen LogP contribution in [0.25, 0.3) is 0 Å². The number of allylic oxidation sites excluding steroid dienone is 12. The van der Waals surface area contributed by atoms with Crippen LogP contribution in [-0.4, -0.2) is 174 Å². The van der Waals surface area contributed by atoms with Gasteiger partial charge < -0.3 is 9.64 Å². The Labute approximate surface area is 653 Å². The summed E-state index contributed by atoms with van der Waals surface area (Å²) in [4.78, 5) is 173. The average Bonchev–Trinajstić information content (AvgIpc) is 1.03. The first kappa shape index (κ1) is 88.9. The summed E-state index contributed by atoms with van der Waals surface area (Å²) in [6, 6.07) is 0. The van der Waals surface area contributed by atoms with Crippen molar-refractivity contribution in [1.29, 1.82) is 0 Å². The highest BCUT2D eigenvalue weighted by Crippen LogP contribution is 2.38. The van der Waals surface area contributed by atoms with E-state index in [1.54, 1.807) is 60.7 Å². The van der Waals surface area contributed by atoms with Crippen molar-refractivity contribution in [3.05, 3.63) is 185 Å². The molecule has 8 amide bonds. The zero-order valence-electron chi connectivity index (χ0n) is 62.3. The molecule has 0 bridgehead atoms. The molecule has 3 fully saturated rings. The second-order valence-electron chi connectivity index (χ2n) is 23.5. The van der Waals surface area contributed by atoms with Gasteiger partial charge in [-0.3, -0.25) is 82.2 Å². The normalized spacial score (nSPS) is 20.5. The predicted molar refractivity (Wildman–Crippen MR) is 438 cm³/mol. The molecular weight excluding hydrogens is 1510 g/mol. The lowest BCUT2D eigenvalue weighted by Crippen LogP contribution is -2.44. The number of Topliss-reactive ketones (excluding diaryl/α,β-unsaturated/α-hetero) is 3.